The molecule has 1 heterocycles. The molecule has 0 bridgehead atoms. The number of aliphatic imine (C=N–C) groups is 1. The first kappa shape index (κ1) is 19.9. The number of halogens is 2. The van der Waals surface area contributed by atoms with E-state index in [1.54, 1.807) is 6.20 Å². The van der Waals surface area contributed by atoms with Crippen molar-refractivity contribution in [1.29, 1.82) is 0 Å². The molecule has 0 atom stereocenters. The van der Waals surface area contributed by atoms with Gasteiger partial charge in [-0.3, -0.25) is 9.98 Å². The molecule has 124 valence electrons. The van der Waals surface area contributed by atoms with E-state index in [4.69, 9.17) is 0 Å². The molecule has 0 fully saturated rings. The van der Waals surface area contributed by atoms with Crippen LogP contribution < -0.4 is 5.32 Å². The van der Waals surface area contributed by atoms with Crippen LogP contribution >= 0.6 is 39.9 Å². The van der Waals surface area contributed by atoms with Crippen LogP contribution in [0.15, 0.2) is 58.3 Å². The lowest BCUT2D eigenvalue weighted by Gasteiger charge is -2.22. The lowest BCUT2D eigenvalue weighted by atomic mass is 10.2. The molecule has 1 aromatic carbocycles. The minimum Gasteiger partial charge on any atom is -0.356 e. The first-order valence-electron chi connectivity index (χ1n) is 7.25. The number of hydrogen-bond acceptors (Lipinski definition) is 2. The van der Waals surface area contributed by atoms with Gasteiger partial charge in [0.2, 0.25) is 0 Å². The SMILES string of the molecule is CN=C(NCCc1cccnc1)N(C)Cc1ccccc1Br.I. The van der Waals surface area contributed by atoms with Gasteiger partial charge in [-0.15, -0.1) is 24.0 Å². The lowest BCUT2D eigenvalue weighted by molar-refractivity contribution is 0.476. The van der Waals surface area contributed by atoms with E-state index >= 15 is 0 Å². The highest BCUT2D eigenvalue weighted by Gasteiger charge is 2.08. The summed E-state index contributed by atoms with van der Waals surface area (Å²) >= 11 is 3.59. The molecule has 4 nitrogen and oxygen atoms in total. The molecular formula is C17H22BrIN4. The molecule has 0 unspecified atom stereocenters. The predicted molar refractivity (Wildman–Crippen MR) is 110 cm³/mol. The summed E-state index contributed by atoms with van der Waals surface area (Å²) in [5.74, 6) is 0.889. The van der Waals surface area contributed by atoms with E-state index < -0.39 is 0 Å². The van der Waals surface area contributed by atoms with E-state index in [1.807, 2.05) is 38.5 Å². The smallest absolute Gasteiger partial charge is 0.193 e. The van der Waals surface area contributed by atoms with E-state index in [2.05, 4.69) is 54.3 Å². The van der Waals surface area contributed by atoms with Crippen molar-refractivity contribution in [2.24, 2.45) is 4.99 Å². The zero-order valence-electron chi connectivity index (χ0n) is 13.4. The number of aromatic nitrogens is 1. The van der Waals surface area contributed by atoms with Crippen LogP contribution in [-0.4, -0.2) is 36.5 Å². The molecule has 0 spiro atoms. The summed E-state index contributed by atoms with van der Waals surface area (Å²) in [4.78, 5) is 10.6. The Morgan fingerprint density at radius 3 is 2.70 bits per heavy atom. The third-order valence-corrected chi connectivity index (χ3v) is 4.13. The fourth-order valence-corrected chi connectivity index (χ4v) is 2.62. The molecule has 0 aliphatic heterocycles. The van der Waals surface area contributed by atoms with Gasteiger partial charge in [0.15, 0.2) is 5.96 Å². The van der Waals surface area contributed by atoms with E-state index in [1.165, 1.54) is 11.1 Å². The van der Waals surface area contributed by atoms with Crippen molar-refractivity contribution in [3.8, 4) is 0 Å². The summed E-state index contributed by atoms with van der Waals surface area (Å²) in [5.41, 5.74) is 2.46. The number of nitrogens with one attached hydrogen (secondary N) is 1. The lowest BCUT2D eigenvalue weighted by Crippen LogP contribution is -2.39. The van der Waals surface area contributed by atoms with Gasteiger partial charge >= 0.3 is 0 Å². The number of nitrogens with zero attached hydrogens (tertiary/aromatic N) is 3. The molecular weight excluding hydrogens is 467 g/mol. The van der Waals surface area contributed by atoms with Crippen LogP contribution in [-0.2, 0) is 13.0 Å². The molecule has 6 heteroatoms. The fourth-order valence-electron chi connectivity index (χ4n) is 2.21. The van der Waals surface area contributed by atoms with Crippen molar-refractivity contribution in [2.75, 3.05) is 20.6 Å². The molecule has 2 rings (SSSR count). The van der Waals surface area contributed by atoms with Gasteiger partial charge in [-0.2, -0.15) is 0 Å². The highest BCUT2D eigenvalue weighted by molar-refractivity contribution is 14.0. The summed E-state index contributed by atoms with van der Waals surface area (Å²) in [6.07, 6.45) is 4.62. The van der Waals surface area contributed by atoms with Gasteiger partial charge in [0.05, 0.1) is 0 Å². The molecule has 0 saturated heterocycles. The van der Waals surface area contributed by atoms with Crippen LogP contribution in [0.5, 0.6) is 0 Å². The monoisotopic (exact) mass is 488 g/mol. The van der Waals surface area contributed by atoms with Crippen molar-refractivity contribution in [2.45, 2.75) is 13.0 Å². The Labute approximate surface area is 163 Å². The molecule has 2 aromatic rings. The van der Waals surface area contributed by atoms with Gasteiger partial charge in [-0.1, -0.05) is 40.2 Å². The third-order valence-electron chi connectivity index (χ3n) is 3.36. The van der Waals surface area contributed by atoms with Crippen LogP contribution in [0.1, 0.15) is 11.1 Å². The Bertz CT molecular complexity index is 619. The van der Waals surface area contributed by atoms with Crippen molar-refractivity contribution in [3.63, 3.8) is 0 Å². The summed E-state index contributed by atoms with van der Waals surface area (Å²) in [6.45, 7) is 1.63. The van der Waals surface area contributed by atoms with Crippen LogP contribution in [0.2, 0.25) is 0 Å². The van der Waals surface area contributed by atoms with E-state index in [0.717, 1.165) is 29.9 Å². The minimum atomic E-state index is 0. The fraction of sp³-hybridized carbons (Fsp3) is 0.294. The van der Waals surface area contributed by atoms with E-state index in [9.17, 15) is 0 Å². The average Bonchev–Trinajstić information content (AvgIpc) is 2.54. The van der Waals surface area contributed by atoms with Gasteiger partial charge < -0.3 is 10.2 Å². The second-order valence-corrected chi connectivity index (χ2v) is 5.89. The van der Waals surface area contributed by atoms with E-state index in [0.29, 0.717) is 0 Å². The van der Waals surface area contributed by atoms with Gasteiger partial charge in [0.1, 0.15) is 0 Å². The second-order valence-electron chi connectivity index (χ2n) is 5.03. The van der Waals surface area contributed by atoms with Crippen molar-refractivity contribution >= 4 is 45.9 Å². The Balaban J connectivity index is 0.00000264. The van der Waals surface area contributed by atoms with Crippen molar-refractivity contribution in [1.82, 2.24) is 15.2 Å². The molecule has 1 aromatic heterocycles. The first-order valence-corrected chi connectivity index (χ1v) is 8.04. The molecule has 0 amide bonds. The number of pyridine rings is 1. The zero-order valence-corrected chi connectivity index (χ0v) is 17.3. The number of rotatable bonds is 5. The van der Waals surface area contributed by atoms with Gasteiger partial charge in [0.25, 0.3) is 0 Å². The maximum Gasteiger partial charge on any atom is 0.193 e. The highest BCUT2D eigenvalue weighted by Crippen LogP contribution is 2.17. The third kappa shape index (κ3) is 6.47. The van der Waals surface area contributed by atoms with Crippen molar-refractivity contribution in [3.05, 3.63) is 64.4 Å². The van der Waals surface area contributed by atoms with Crippen LogP contribution in [0.25, 0.3) is 0 Å². The Morgan fingerprint density at radius 1 is 1.26 bits per heavy atom. The normalized spacial score (nSPS) is 10.8. The summed E-state index contributed by atoms with van der Waals surface area (Å²) < 4.78 is 1.12. The molecule has 0 saturated carbocycles. The quantitative estimate of drug-likeness (QED) is 0.396. The maximum atomic E-state index is 4.35. The largest absolute Gasteiger partial charge is 0.356 e. The van der Waals surface area contributed by atoms with Gasteiger partial charge in [-0.05, 0) is 29.7 Å². The number of guanidine groups is 1. The van der Waals surface area contributed by atoms with Crippen LogP contribution in [0, 0.1) is 0 Å². The van der Waals surface area contributed by atoms with Gasteiger partial charge in [0, 0.05) is 44.1 Å². The van der Waals surface area contributed by atoms with Crippen LogP contribution in [0.4, 0.5) is 0 Å². The summed E-state index contributed by atoms with van der Waals surface area (Å²) in [5, 5.41) is 3.39. The molecule has 0 aliphatic rings. The Morgan fingerprint density at radius 2 is 2.04 bits per heavy atom. The Kier molecular flexibility index (Phi) is 9.16. The van der Waals surface area contributed by atoms with Crippen LogP contribution in [0.3, 0.4) is 0 Å². The highest BCUT2D eigenvalue weighted by atomic mass is 127. The van der Waals surface area contributed by atoms with E-state index in [-0.39, 0.29) is 24.0 Å². The molecule has 1 N–H and O–H groups in total. The number of benzene rings is 1. The molecule has 0 radical (unpaired) electrons. The predicted octanol–water partition coefficient (Wildman–Crippen LogP) is 3.71. The standard InChI is InChI=1S/C17H21BrN4.HI/c1-19-17(21-11-9-14-6-5-10-20-12-14)22(2)13-15-7-3-4-8-16(15)18;/h3-8,10,12H,9,11,13H2,1-2H3,(H,19,21);1H. The average molecular weight is 489 g/mol. The minimum absolute atomic E-state index is 0. The number of hydrogen-bond donors (Lipinski definition) is 1. The van der Waals surface area contributed by atoms with Crippen molar-refractivity contribution < 1.29 is 0 Å². The summed E-state index contributed by atoms with van der Waals surface area (Å²) in [7, 11) is 3.85. The Hall–Kier alpha value is -1.15. The summed E-state index contributed by atoms with van der Waals surface area (Å²) in [6, 6.07) is 12.3. The molecule has 0 aliphatic carbocycles. The zero-order chi connectivity index (χ0) is 15.8. The maximum absolute atomic E-state index is 4.35. The first-order chi connectivity index (χ1) is 10.7. The van der Waals surface area contributed by atoms with Gasteiger partial charge in [-0.25, -0.2) is 0 Å². The second kappa shape index (κ2) is 10.6. The molecule has 23 heavy (non-hydrogen) atoms. The topological polar surface area (TPSA) is 40.5 Å².